The molecule has 0 fully saturated rings. The van der Waals surface area contributed by atoms with Crippen LogP contribution >= 0.6 is 0 Å². The number of sulfone groups is 1. The zero-order chi connectivity index (χ0) is 17.8. The number of rotatable bonds is 1. The van der Waals surface area contributed by atoms with Gasteiger partial charge in [-0.2, -0.15) is 0 Å². The molecule has 25 heavy (non-hydrogen) atoms. The molecule has 1 aliphatic heterocycles. The smallest absolute Gasteiger partial charge is 0.211 e. The van der Waals surface area contributed by atoms with E-state index >= 15 is 0 Å². The summed E-state index contributed by atoms with van der Waals surface area (Å²) in [5.74, 6) is 0. The Morgan fingerprint density at radius 1 is 0.880 bits per heavy atom. The van der Waals surface area contributed by atoms with Crippen LogP contribution in [0.1, 0.15) is 11.1 Å². The lowest BCUT2D eigenvalue weighted by Gasteiger charge is -2.28. The van der Waals surface area contributed by atoms with Gasteiger partial charge in [0.05, 0.1) is 16.3 Å². The van der Waals surface area contributed by atoms with Gasteiger partial charge in [-0.1, -0.05) is 42.5 Å². The number of anilines is 2. The summed E-state index contributed by atoms with van der Waals surface area (Å²) in [5, 5.41) is 4.51. The summed E-state index contributed by atoms with van der Waals surface area (Å²) >= 11 is 0. The molecule has 0 unspecified atom stereocenters. The van der Waals surface area contributed by atoms with E-state index in [1.165, 1.54) is 5.56 Å². The molecule has 1 N–H and O–H groups in total. The third-order valence-corrected chi connectivity index (χ3v) is 8.23. The third kappa shape index (κ3) is 2.27. The molecule has 3 aromatic rings. The van der Waals surface area contributed by atoms with E-state index < -0.39 is 9.84 Å². The highest BCUT2D eigenvalue weighted by Crippen LogP contribution is 2.45. The summed E-state index contributed by atoms with van der Waals surface area (Å²) in [5.41, 5.74) is 5.38. The zero-order valence-electron chi connectivity index (χ0n) is 14.4. The second kappa shape index (κ2) is 5.57. The predicted molar refractivity (Wildman–Crippen MR) is 106 cm³/mol. The maximum atomic E-state index is 13.5. The Morgan fingerprint density at radius 2 is 1.52 bits per heavy atom. The molecule has 0 amide bonds. The monoisotopic (exact) mass is 365 g/mol. The van der Waals surface area contributed by atoms with E-state index in [9.17, 15) is 8.42 Å². The van der Waals surface area contributed by atoms with Crippen molar-refractivity contribution >= 4 is 36.6 Å². The molecule has 0 radical (unpaired) electrons. The quantitative estimate of drug-likeness (QED) is 0.528. The molecular formula is C20H19NO2SSi. The second-order valence-corrected chi connectivity index (χ2v) is 9.30. The van der Waals surface area contributed by atoms with E-state index in [2.05, 4.69) is 12.2 Å². The van der Waals surface area contributed by atoms with Crippen molar-refractivity contribution in [3.8, 4) is 11.1 Å². The van der Waals surface area contributed by atoms with E-state index in [0.29, 0.717) is 15.5 Å². The number of hydrogen-bond donors (Lipinski definition) is 1. The van der Waals surface area contributed by atoms with E-state index in [-0.39, 0.29) is 0 Å². The first-order valence-electron chi connectivity index (χ1n) is 8.23. The minimum atomic E-state index is -3.58. The Balaban J connectivity index is 2.17. The average Bonchev–Trinajstić information content (AvgIpc) is 2.62. The van der Waals surface area contributed by atoms with Gasteiger partial charge in [0.15, 0.2) is 0 Å². The average molecular weight is 366 g/mol. The number of hydrogen-bond acceptors (Lipinski definition) is 3. The van der Waals surface area contributed by atoms with Gasteiger partial charge in [-0.05, 0) is 47.9 Å². The molecule has 0 saturated carbocycles. The van der Waals surface area contributed by atoms with E-state index in [1.807, 2.05) is 49.4 Å². The van der Waals surface area contributed by atoms with E-state index in [0.717, 1.165) is 37.8 Å². The van der Waals surface area contributed by atoms with Gasteiger partial charge in [0.2, 0.25) is 9.84 Å². The van der Waals surface area contributed by atoms with Crippen LogP contribution in [0.3, 0.4) is 0 Å². The Labute approximate surface area is 151 Å². The highest BCUT2D eigenvalue weighted by molar-refractivity contribution is 7.92. The number of para-hydroxylation sites is 1. The maximum absolute atomic E-state index is 13.5. The van der Waals surface area contributed by atoms with Gasteiger partial charge in [-0.15, -0.1) is 0 Å². The molecule has 1 aliphatic rings. The fraction of sp³-hybridized carbons (Fsp3) is 0.100. The van der Waals surface area contributed by atoms with Gasteiger partial charge >= 0.3 is 0 Å². The van der Waals surface area contributed by atoms with Crippen molar-refractivity contribution in [1.29, 1.82) is 0 Å². The molecule has 3 nitrogen and oxygen atoms in total. The van der Waals surface area contributed by atoms with Gasteiger partial charge in [0.25, 0.3) is 0 Å². The second-order valence-electron chi connectivity index (χ2n) is 6.44. The number of nitrogens with one attached hydrogen (secondary N) is 1. The SMILES string of the molecule is Cc1c(C)c(-c2ccccc2)c2c(c1[SiH3])Nc1ccccc1S2(=O)=O. The fourth-order valence-corrected chi connectivity index (χ4v) is 6.37. The van der Waals surface area contributed by atoms with Crippen LogP contribution in [-0.2, 0) is 9.84 Å². The number of fused-ring (bicyclic) bond motifs is 2. The third-order valence-electron chi connectivity index (χ3n) is 5.10. The van der Waals surface area contributed by atoms with Crippen LogP contribution in [0.4, 0.5) is 11.4 Å². The summed E-state index contributed by atoms with van der Waals surface area (Å²) in [6.07, 6.45) is 0. The van der Waals surface area contributed by atoms with Crippen LogP contribution < -0.4 is 10.5 Å². The first kappa shape index (κ1) is 16.1. The highest BCUT2D eigenvalue weighted by atomic mass is 32.2. The molecule has 1 heterocycles. The summed E-state index contributed by atoms with van der Waals surface area (Å²) in [6, 6.07) is 16.9. The van der Waals surface area contributed by atoms with Crippen molar-refractivity contribution < 1.29 is 8.42 Å². The molecule has 126 valence electrons. The van der Waals surface area contributed by atoms with Gasteiger partial charge in [-0.25, -0.2) is 8.42 Å². The topological polar surface area (TPSA) is 46.2 Å². The lowest BCUT2D eigenvalue weighted by atomic mass is 9.95. The molecule has 0 saturated heterocycles. The van der Waals surface area contributed by atoms with Gasteiger partial charge < -0.3 is 5.32 Å². The Hall–Kier alpha value is -2.37. The van der Waals surface area contributed by atoms with Gasteiger partial charge in [-0.3, -0.25) is 0 Å². The van der Waals surface area contributed by atoms with Gasteiger partial charge in [0, 0.05) is 15.8 Å². The highest BCUT2D eigenvalue weighted by Gasteiger charge is 2.34. The van der Waals surface area contributed by atoms with Crippen molar-refractivity contribution in [2.75, 3.05) is 5.32 Å². The van der Waals surface area contributed by atoms with Crippen LogP contribution in [0.15, 0.2) is 64.4 Å². The normalized spacial score (nSPS) is 14.5. The summed E-state index contributed by atoms with van der Waals surface area (Å²) in [6.45, 7) is 4.11. The molecule has 0 aromatic heterocycles. The van der Waals surface area contributed by atoms with Gasteiger partial charge in [0.1, 0.15) is 4.90 Å². The molecule has 0 bridgehead atoms. The summed E-state index contributed by atoms with van der Waals surface area (Å²) in [7, 11) is -2.80. The summed E-state index contributed by atoms with van der Waals surface area (Å²) < 4.78 is 27.0. The van der Waals surface area contributed by atoms with Crippen molar-refractivity contribution in [3.05, 3.63) is 65.7 Å². The first-order chi connectivity index (χ1) is 11.9. The standard InChI is InChI=1S/C20H19NO2SSi/c1-12-13(2)20(25)18-19(17(12)14-8-4-3-5-9-14)24(22,23)16-11-7-6-10-15(16)21-18/h3-11,21H,1-2,25H3. The molecule has 5 heteroatoms. The molecule has 0 spiro atoms. The van der Waals surface area contributed by atoms with Crippen LogP contribution in [0.25, 0.3) is 11.1 Å². The first-order valence-corrected chi connectivity index (χ1v) is 10.7. The lowest BCUT2D eigenvalue weighted by molar-refractivity contribution is 0.596. The van der Waals surface area contributed by atoms with E-state index in [1.54, 1.807) is 12.1 Å². The van der Waals surface area contributed by atoms with Crippen molar-refractivity contribution in [2.24, 2.45) is 0 Å². The fourth-order valence-electron chi connectivity index (χ4n) is 3.54. The Bertz CT molecular complexity index is 1110. The van der Waals surface area contributed by atoms with Crippen molar-refractivity contribution in [2.45, 2.75) is 23.6 Å². The Morgan fingerprint density at radius 3 is 2.24 bits per heavy atom. The summed E-state index contributed by atoms with van der Waals surface area (Å²) in [4.78, 5) is 0.773. The molecule has 0 aliphatic carbocycles. The zero-order valence-corrected chi connectivity index (χ0v) is 17.2. The lowest BCUT2D eigenvalue weighted by Crippen LogP contribution is -2.25. The minimum Gasteiger partial charge on any atom is -0.353 e. The minimum absolute atomic E-state index is 0.351. The molecule has 0 atom stereocenters. The molecular weight excluding hydrogens is 346 g/mol. The van der Waals surface area contributed by atoms with Crippen LogP contribution in [-0.4, -0.2) is 18.7 Å². The Kier molecular flexibility index (Phi) is 3.59. The van der Waals surface area contributed by atoms with Crippen LogP contribution in [0.5, 0.6) is 0 Å². The molecule has 3 aromatic carbocycles. The van der Waals surface area contributed by atoms with Crippen molar-refractivity contribution in [1.82, 2.24) is 0 Å². The molecule has 4 rings (SSSR count). The van der Waals surface area contributed by atoms with E-state index in [4.69, 9.17) is 0 Å². The largest absolute Gasteiger partial charge is 0.353 e. The van der Waals surface area contributed by atoms with Crippen LogP contribution in [0.2, 0.25) is 0 Å². The maximum Gasteiger partial charge on any atom is 0.211 e. The van der Waals surface area contributed by atoms with Crippen molar-refractivity contribution in [3.63, 3.8) is 0 Å². The van der Waals surface area contributed by atoms with Crippen LogP contribution in [0, 0.1) is 13.8 Å². The predicted octanol–water partition coefficient (Wildman–Crippen LogP) is 2.85. The number of benzene rings is 3.